The molecule has 246 valence electrons. The molecule has 0 radical (unpaired) electrons. The summed E-state index contributed by atoms with van der Waals surface area (Å²) in [6.07, 6.45) is 2.97. The molecule has 46 heavy (non-hydrogen) atoms. The molecule has 0 bridgehead atoms. The minimum atomic E-state index is -0.585. The van der Waals surface area contributed by atoms with Gasteiger partial charge in [-0.3, -0.25) is 18.7 Å². The van der Waals surface area contributed by atoms with Crippen molar-refractivity contribution in [2.24, 2.45) is 5.92 Å². The average molecular weight is 633 g/mol. The molecule has 1 aliphatic carbocycles. The van der Waals surface area contributed by atoms with E-state index in [0.29, 0.717) is 47.7 Å². The number of rotatable bonds is 8. The molecule has 2 aromatic carbocycles. The van der Waals surface area contributed by atoms with Gasteiger partial charge in [0, 0.05) is 49.5 Å². The molecule has 0 unspecified atom stereocenters. The lowest BCUT2D eigenvalue weighted by atomic mass is 10.0. The summed E-state index contributed by atoms with van der Waals surface area (Å²) in [6, 6.07) is 11.3. The van der Waals surface area contributed by atoms with E-state index in [9.17, 15) is 24.0 Å². The second-order valence-electron chi connectivity index (χ2n) is 13.6. The van der Waals surface area contributed by atoms with Gasteiger partial charge in [0.1, 0.15) is 5.60 Å². The monoisotopic (exact) mass is 632 g/mol. The maximum Gasteiger partial charge on any atom is 0.407 e. The van der Waals surface area contributed by atoms with E-state index in [4.69, 9.17) is 4.74 Å². The number of nitrogens with zero attached hydrogens (tertiary/aromatic N) is 3. The second kappa shape index (κ2) is 13.4. The van der Waals surface area contributed by atoms with Crippen LogP contribution < -0.4 is 27.2 Å². The average Bonchev–Trinajstić information content (AvgIpc) is 3.82. The first-order valence-electron chi connectivity index (χ1n) is 16.0. The molecule has 1 aromatic heterocycles. The van der Waals surface area contributed by atoms with Crippen LogP contribution in [0.15, 0.2) is 52.1 Å². The first-order valence-corrected chi connectivity index (χ1v) is 16.0. The van der Waals surface area contributed by atoms with Crippen molar-refractivity contribution >= 4 is 34.6 Å². The third-order valence-corrected chi connectivity index (χ3v) is 8.17. The van der Waals surface area contributed by atoms with Gasteiger partial charge in [0.25, 0.3) is 11.5 Å². The fourth-order valence-electron chi connectivity index (χ4n) is 5.69. The van der Waals surface area contributed by atoms with Crippen molar-refractivity contribution in [3.8, 4) is 0 Å². The summed E-state index contributed by atoms with van der Waals surface area (Å²) in [6.45, 7) is 10.8. The SMILES string of the molecule is CC(C)n1c(=O)n(CC2CC2)c(=O)c2cc(NC(=O)N3CCC[C@@H](NC(=O)c4ccc(CNC(=O)OC(C)(C)C)cc4)C3)ccc21. The van der Waals surface area contributed by atoms with E-state index in [1.807, 2.05) is 13.8 Å². The highest BCUT2D eigenvalue weighted by Crippen LogP contribution is 2.30. The number of ether oxygens (including phenoxy) is 1. The summed E-state index contributed by atoms with van der Waals surface area (Å²) in [7, 11) is 0. The Morgan fingerprint density at radius 3 is 2.37 bits per heavy atom. The Bertz CT molecular complexity index is 1730. The Kier molecular flexibility index (Phi) is 9.55. The summed E-state index contributed by atoms with van der Waals surface area (Å²) in [5.41, 5.74) is 1.09. The van der Waals surface area contributed by atoms with Crippen LogP contribution in [0.3, 0.4) is 0 Å². The van der Waals surface area contributed by atoms with E-state index in [-0.39, 0.29) is 41.8 Å². The number of carbonyl (C=O) groups excluding carboxylic acids is 3. The number of aromatic nitrogens is 2. The van der Waals surface area contributed by atoms with E-state index >= 15 is 0 Å². The Morgan fingerprint density at radius 1 is 1.00 bits per heavy atom. The summed E-state index contributed by atoms with van der Waals surface area (Å²) in [5, 5.41) is 9.03. The van der Waals surface area contributed by atoms with Crippen LogP contribution in [0, 0.1) is 5.92 Å². The molecule has 5 rings (SSSR count). The predicted molar refractivity (Wildman–Crippen MR) is 176 cm³/mol. The number of amides is 4. The number of carbonyl (C=O) groups is 3. The number of fused-ring (bicyclic) bond motifs is 1. The van der Waals surface area contributed by atoms with Crippen LogP contribution in [-0.4, -0.2) is 56.8 Å². The van der Waals surface area contributed by atoms with Gasteiger partial charge in [0.2, 0.25) is 0 Å². The highest BCUT2D eigenvalue weighted by atomic mass is 16.6. The summed E-state index contributed by atoms with van der Waals surface area (Å²) >= 11 is 0. The minimum Gasteiger partial charge on any atom is -0.444 e. The number of piperidine rings is 1. The largest absolute Gasteiger partial charge is 0.444 e. The van der Waals surface area contributed by atoms with Crippen LogP contribution in [0.25, 0.3) is 10.9 Å². The molecular formula is C34H44N6O6. The lowest BCUT2D eigenvalue weighted by Gasteiger charge is -2.33. The Labute approximate surface area is 268 Å². The van der Waals surface area contributed by atoms with E-state index in [1.54, 1.807) is 72.7 Å². The number of urea groups is 1. The van der Waals surface area contributed by atoms with E-state index in [0.717, 1.165) is 31.2 Å². The standard InChI is InChI=1S/C34H44N6O6/c1-21(2)40-28-15-14-25(17-27(28)30(42)39(33(40)45)19-23-8-9-23)37-31(43)38-16-6-7-26(20-38)36-29(41)24-12-10-22(11-13-24)18-35-32(44)46-34(3,4)5/h10-15,17,21,23,26H,6-9,16,18-20H2,1-5H3,(H,35,44)(H,36,41)(H,37,43)/t26-/m1/s1. The molecular weight excluding hydrogens is 588 g/mol. The third kappa shape index (κ3) is 7.96. The number of likely N-dealkylation sites (tertiary alicyclic amines) is 1. The molecule has 1 aliphatic heterocycles. The van der Waals surface area contributed by atoms with Gasteiger partial charge in [0.05, 0.1) is 10.9 Å². The highest BCUT2D eigenvalue weighted by molar-refractivity contribution is 5.95. The normalized spacial score (nSPS) is 16.7. The van der Waals surface area contributed by atoms with Crippen molar-refractivity contribution in [1.82, 2.24) is 24.7 Å². The first kappa shape index (κ1) is 32.8. The van der Waals surface area contributed by atoms with Crippen LogP contribution in [-0.2, 0) is 17.8 Å². The molecule has 12 heteroatoms. The summed E-state index contributed by atoms with van der Waals surface area (Å²) < 4.78 is 8.22. The van der Waals surface area contributed by atoms with Gasteiger partial charge >= 0.3 is 17.8 Å². The van der Waals surface area contributed by atoms with E-state index < -0.39 is 11.7 Å². The number of nitrogens with one attached hydrogen (secondary N) is 3. The van der Waals surface area contributed by atoms with Gasteiger partial charge in [0.15, 0.2) is 0 Å². The van der Waals surface area contributed by atoms with Gasteiger partial charge in [-0.1, -0.05) is 12.1 Å². The maximum absolute atomic E-state index is 13.4. The molecule has 2 fully saturated rings. The Morgan fingerprint density at radius 2 is 1.72 bits per heavy atom. The number of benzene rings is 2. The predicted octanol–water partition coefficient (Wildman–Crippen LogP) is 4.61. The molecule has 1 saturated heterocycles. The lowest BCUT2D eigenvalue weighted by Crippen LogP contribution is -2.50. The van der Waals surface area contributed by atoms with Crippen molar-refractivity contribution in [1.29, 1.82) is 0 Å². The zero-order valence-electron chi connectivity index (χ0n) is 27.2. The van der Waals surface area contributed by atoms with Crippen molar-refractivity contribution in [3.63, 3.8) is 0 Å². The van der Waals surface area contributed by atoms with Crippen LogP contribution in [0.5, 0.6) is 0 Å². The molecule has 2 aliphatic rings. The van der Waals surface area contributed by atoms with Crippen molar-refractivity contribution in [2.75, 3.05) is 18.4 Å². The van der Waals surface area contributed by atoms with Gasteiger partial charge in [-0.2, -0.15) is 0 Å². The quantitative estimate of drug-likeness (QED) is 0.331. The van der Waals surface area contributed by atoms with Gasteiger partial charge in [-0.15, -0.1) is 0 Å². The number of hydrogen-bond donors (Lipinski definition) is 3. The second-order valence-corrected chi connectivity index (χ2v) is 13.6. The Balaban J connectivity index is 1.20. The van der Waals surface area contributed by atoms with Gasteiger partial charge < -0.3 is 25.6 Å². The van der Waals surface area contributed by atoms with E-state index in [1.165, 1.54) is 4.57 Å². The molecule has 3 aromatic rings. The van der Waals surface area contributed by atoms with E-state index in [2.05, 4.69) is 16.0 Å². The minimum absolute atomic E-state index is 0.138. The molecule has 2 heterocycles. The molecule has 0 spiro atoms. The smallest absolute Gasteiger partial charge is 0.407 e. The zero-order chi connectivity index (χ0) is 33.2. The number of anilines is 1. The van der Waals surface area contributed by atoms with Crippen LogP contribution in [0.1, 0.15) is 82.3 Å². The topological polar surface area (TPSA) is 144 Å². The Hall–Kier alpha value is -4.61. The lowest BCUT2D eigenvalue weighted by molar-refractivity contribution is 0.0523. The fourth-order valence-corrected chi connectivity index (χ4v) is 5.69. The van der Waals surface area contributed by atoms with Crippen molar-refractivity contribution < 1.29 is 19.1 Å². The third-order valence-electron chi connectivity index (χ3n) is 8.17. The maximum atomic E-state index is 13.4. The van der Waals surface area contributed by atoms with Crippen LogP contribution in [0.2, 0.25) is 0 Å². The molecule has 4 amide bonds. The first-order chi connectivity index (χ1) is 21.8. The number of alkyl carbamates (subject to hydrolysis) is 1. The number of hydrogen-bond acceptors (Lipinski definition) is 6. The van der Waals surface area contributed by atoms with Crippen molar-refractivity contribution in [3.05, 3.63) is 74.4 Å². The molecule has 3 N–H and O–H groups in total. The molecule has 1 atom stereocenters. The fraction of sp³-hybridized carbons (Fsp3) is 0.500. The van der Waals surface area contributed by atoms with Crippen LogP contribution in [0.4, 0.5) is 15.3 Å². The van der Waals surface area contributed by atoms with Crippen molar-refractivity contribution in [2.45, 2.75) is 91.1 Å². The summed E-state index contributed by atoms with van der Waals surface area (Å²) in [4.78, 5) is 66.4. The molecule has 12 nitrogen and oxygen atoms in total. The summed E-state index contributed by atoms with van der Waals surface area (Å²) in [5.74, 6) is 0.110. The molecule has 1 saturated carbocycles. The highest BCUT2D eigenvalue weighted by Gasteiger charge is 2.27. The zero-order valence-corrected chi connectivity index (χ0v) is 27.2. The van der Waals surface area contributed by atoms with Gasteiger partial charge in [-0.25, -0.2) is 14.4 Å². The van der Waals surface area contributed by atoms with Crippen LogP contribution >= 0.6 is 0 Å². The van der Waals surface area contributed by atoms with Gasteiger partial charge in [-0.05, 0) is 102 Å².